The summed E-state index contributed by atoms with van der Waals surface area (Å²) in [5.41, 5.74) is 1.76. The molecule has 0 unspecified atom stereocenters. The van der Waals surface area contributed by atoms with Crippen molar-refractivity contribution in [1.29, 1.82) is 0 Å². The van der Waals surface area contributed by atoms with Gasteiger partial charge in [0.05, 0.1) is 24.9 Å². The highest BCUT2D eigenvalue weighted by atomic mass is 32.2. The van der Waals surface area contributed by atoms with E-state index in [4.69, 9.17) is 19.8 Å². The Balaban J connectivity index is 1.51. The molecular weight excluding hydrogens is 540 g/mol. The number of rotatable bonds is 9. The van der Waals surface area contributed by atoms with E-state index in [9.17, 15) is 13.2 Å². The van der Waals surface area contributed by atoms with Gasteiger partial charge in [-0.15, -0.1) is 11.3 Å². The lowest BCUT2D eigenvalue weighted by molar-refractivity contribution is 0.0985. The maximum Gasteiger partial charge on any atom is 0.319 e. The number of aromatic nitrogens is 3. The van der Waals surface area contributed by atoms with Crippen LogP contribution < -0.4 is 15.5 Å². The van der Waals surface area contributed by atoms with Crippen molar-refractivity contribution in [3.05, 3.63) is 47.6 Å². The maximum absolute atomic E-state index is 13.8. The van der Waals surface area contributed by atoms with Crippen LogP contribution in [0.1, 0.15) is 38.3 Å². The predicted octanol–water partition coefficient (Wildman–Crippen LogP) is 3.18. The average Bonchev–Trinajstić information content (AvgIpc) is 3.45. The van der Waals surface area contributed by atoms with E-state index in [2.05, 4.69) is 27.4 Å². The second-order valence-corrected chi connectivity index (χ2v) is 13.1. The molecular formula is C26H32N6O5S2. The average molecular weight is 573 g/mol. The number of carbonyl (C=O) groups excluding carboxylic acids is 1. The van der Waals surface area contributed by atoms with Gasteiger partial charge >= 0.3 is 6.03 Å². The Morgan fingerprint density at radius 3 is 2.69 bits per heavy atom. The van der Waals surface area contributed by atoms with E-state index in [1.54, 1.807) is 29.6 Å². The van der Waals surface area contributed by atoms with Crippen LogP contribution in [0.15, 0.2) is 46.2 Å². The first-order valence-electron chi connectivity index (χ1n) is 13.0. The molecule has 2 aromatic heterocycles. The van der Waals surface area contributed by atoms with Crippen molar-refractivity contribution < 1.29 is 23.1 Å². The molecule has 0 spiro atoms. The SMILES string of the molecule is C[C@H]1COCCN1c1cc(C2(S(=O)(=O)c3nccs3)CCC2)nc(-c2ccc(NC(=O)NCCCO)cc2)n1. The van der Waals surface area contributed by atoms with Crippen LogP contribution >= 0.6 is 11.3 Å². The van der Waals surface area contributed by atoms with Crippen LogP contribution in [-0.4, -0.2) is 73.5 Å². The van der Waals surface area contributed by atoms with E-state index in [1.165, 1.54) is 6.20 Å². The maximum atomic E-state index is 13.8. The molecule has 1 aromatic carbocycles. The molecule has 2 fully saturated rings. The predicted molar refractivity (Wildman–Crippen MR) is 149 cm³/mol. The van der Waals surface area contributed by atoms with Crippen molar-refractivity contribution in [3.63, 3.8) is 0 Å². The Hall–Kier alpha value is -3.13. The number of urea groups is 1. The molecule has 11 nitrogen and oxygen atoms in total. The zero-order chi connectivity index (χ0) is 27.5. The third-order valence-corrected chi connectivity index (χ3v) is 10.9. The molecule has 1 aliphatic heterocycles. The van der Waals surface area contributed by atoms with Gasteiger partial charge in [0.2, 0.25) is 14.2 Å². The molecule has 5 rings (SSSR count). The second-order valence-electron chi connectivity index (χ2n) is 9.74. The highest BCUT2D eigenvalue weighted by Gasteiger charge is 2.53. The number of hydrogen-bond donors (Lipinski definition) is 3. The van der Waals surface area contributed by atoms with Gasteiger partial charge in [-0.2, -0.15) is 0 Å². The van der Waals surface area contributed by atoms with E-state index < -0.39 is 14.6 Å². The molecule has 2 amide bonds. The second kappa shape index (κ2) is 11.5. The number of ether oxygens (including phenoxy) is 1. The smallest absolute Gasteiger partial charge is 0.319 e. The van der Waals surface area contributed by atoms with Crippen LogP contribution in [0.3, 0.4) is 0 Å². The molecule has 1 saturated carbocycles. The lowest BCUT2D eigenvalue weighted by Crippen LogP contribution is -2.46. The lowest BCUT2D eigenvalue weighted by atomic mass is 9.81. The van der Waals surface area contributed by atoms with Crippen LogP contribution in [0, 0.1) is 0 Å². The number of hydrogen-bond acceptors (Lipinski definition) is 10. The first-order valence-corrected chi connectivity index (χ1v) is 15.3. The van der Waals surface area contributed by atoms with Gasteiger partial charge in [-0.05, 0) is 56.9 Å². The minimum atomic E-state index is -3.76. The molecule has 1 aliphatic carbocycles. The van der Waals surface area contributed by atoms with Crippen LogP contribution in [-0.2, 0) is 19.3 Å². The van der Waals surface area contributed by atoms with Gasteiger partial charge in [0.1, 0.15) is 10.6 Å². The summed E-state index contributed by atoms with van der Waals surface area (Å²) in [6.45, 7) is 4.18. The van der Waals surface area contributed by atoms with Crippen molar-refractivity contribution >= 4 is 38.7 Å². The molecule has 1 saturated heterocycles. The van der Waals surface area contributed by atoms with Crippen LogP contribution in [0.2, 0.25) is 0 Å². The minimum absolute atomic E-state index is 0.00564. The van der Waals surface area contributed by atoms with Gasteiger partial charge in [-0.1, -0.05) is 0 Å². The summed E-state index contributed by atoms with van der Waals surface area (Å²) in [5, 5.41) is 16.0. The molecule has 0 bridgehead atoms. The normalized spacial score (nSPS) is 18.8. The number of nitrogens with one attached hydrogen (secondary N) is 2. The van der Waals surface area contributed by atoms with Gasteiger partial charge in [-0.3, -0.25) is 0 Å². The summed E-state index contributed by atoms with van der Waals surface area (Å²) in [6.07, 6.45) is 3.71. The molecule has 208 valence electrons. The summed E-state index contributed by atoms with van der Waals surface area (Å²) in [5.74, 6) is 1.08. The number of carbonyl (C=O) groups is 1. The fourth-order valence-electron chi connectivity index (χ4n) is 4.84. The van der Waals surface area contributed by atoms with E-state index in [1.807, 2.05) is 6.07 Å². The number of nitrogens with zero attached hydrogens (tertiary/aromatic N) is 4. The molecule has 0 radical (unpaired) electrons. The number of sulfone groups is 1. The van der Waals surface area contributed by atoms with E-state index in [0.29, 0.717) is 74.2 Å². The zero-order valence-corrected chi connectivity index (χ0v) is 23.3. The molecule has 3 aromatic rings. The number of amides is 2. The Morgan fingerprint density at radius 2 is 2.05 bits per heavy atom. The van der Waals surface area contributed by atoms with Crippen molar-refractivity contribution in [1.82, 2.24) is 20.3 Å². The van der Waals surface area contributed by atoms with Gasteiger partial charge < -0.3 is 25.4 Å². The number of thiazole rings is 1. The third-order valence-electron chi connectivity index (χ3n) is 7.18. The largest absolute Gasteiger partial charge is 0.396 e. The van der Waals surface area contributed by atoms with Crippen molar-refractivity contribution in [2.75, 3.05) is 43.1 Å². The molecule has 39 heavy (non-hydrogen) atoms. The standard InChI is InChI=1S/C26H32N6O5S2/c1-18-17-37-14-12-32(18)22-16-21(26(8-2-9-26)39(35,36)25-28-11-15-38-25)30-23(31-22)19-4-6-20(7-5-19)29-24(34)27-10-3-13-33/h4-7,11,15-16,18,33H,2-3,8-10,12-14,17H2,1H3,(H2,27,29,34)/t18-/m0/s1. The molecule has 2 aliphatic rings. The molecule has 13 heteroatoms. The number of benzene rings is 1. The summed E-state index contributed by atoms with van der Waals surface area (Å²) in [4.78, 5) is 28.0. The Bertz CT molecular complexity index is 1390. The van der Waals surface area contributed by atoms with Crippen molar-refractivity contribution in [2.24, 2.45) is 0 Å². The number of morpholine rings is 1. The highest BCUT2D eigenvalue weighted by Crippen LogP contribution is 2.51. The van der Waals surface area contributed by atoms with E-state index in [0.717, 1.165) is 17.8 Å². The Labute approximate surface area is 231 Å². The minimum Gasteiger partial charge on any atom is -0.396 e. The van der Waals surface area contributed by atoms with Gasteiger partial charge in [0, 0.05) is 48.6 Å². The van der Waals surface area contributed by atoms with E-state index in [-0.39, 0.29) is 23.0 Å². The van der Waals surface area contributed by atoms with Crippen LogP contribution in [0.25, 0.3) is 11.4 Å². The summed E-state index contributed by atoms with van der Waals surface area (Å²) in [7, 11) is -3.76. The fourth-order valence-corrected chi connectivity index (χ4v) is 8.09. The summed E-state index contributed by atoms with van der Waals surface area (Å²) >= 11 is 1.12. The summed E-state index contributed by atoms with van der Waals surface area (Å²) in [6, 6.07) is 8.63. The van der Waals surface area contributed by atoms with Gasteiger partial charge in [-0.25, -0.2) is 28.2 Å². The first kappa shape index (κ1) is 27.4. The quantitative estimate of drug-likeness (QED) is 0.329. The van der Waals surface area contributed by atoms with Crippen molar-refractivity contribution in [2.45, 2.75) is 47.7 Å². The van der Waals surface area contributed by atoms with Crippen LogP contribution in [0.4, 0.5) is 16.3 Å². The monoisotopic (exact) mass is 572 g/mol. The Morgan fingerprint density at radius 1 is 1.26 bits per heavy atom. The third kappa shape index (κ3) is 5.49. The molecule has 3 N–H and O–H groups in total. The molecule has 1 atom stereocenters. The molecule has 3 heterocycles. The Kier molecular flexibility index (Phi) is 8.12. The first-order chi connectivity index (χ1) is 18.8. The van der Waals surface area contributed by atoms with Gasteiger partial charge in [0.25, 0.3) is 0 Å². The number of aliphatic hydroxyl groups is 1. The topological polar surface area (TPSA) is 147 Å². The fraction of sp³-hybridized carbons (Fsp3) is 0.462. The highest BCUT2D eigenvalue weighted by molar-refractivity contribution is 7.94. The zero-order valence-electron chi connectivity index (χ0n) is 21.7. The van der Waals surface area contributed by atoms with Gasteiger partial charge in [0.15, 0.2) is 5.82 Å². The number of aliphatic hydroxyl groups excluding tert-OH is 1. The number of anilines is 2. The van der Waals surface area contributed by atoms with E-state index >= 15 is 0 Å². The summed E-state index contributed by atoms with van der Waals surface area (Å²) < 4.78 is 32.2. The van der Waals surface area contributed by atoms with Crippen molar-refractivity contribution in [3.8, 4) is 11.4 Å². The van der Waals surface area contributed by atoms with Crippen LogP contribution in [0.5, 0.6) is 0 Å². The lowest BCUT2D eigenvalue weighted by Gasteiger charge is -2.40.